The Kier molecular flexibility index (Phi) is 4.12. The number of aromatic nitrogens is 1. The van der Waals surface area contributed by atoms with Gasteiger partial charge in [0.1, 0.15) is 33.8 Å². The monoisotopic (exact) mass is 334 g/mol. The minimum atomic E-state index is -0.886. The summed E-state index contributed by atoms with van der Waals surface area (Å²) in [6, 6.07) is 9.27. The topological polar surface area (TPSA) is 42.0 Å². The number of nitrogens with one attached hydrogen (secondary N) is 1. The maximum absolute atomic E-state index is 13.7. The summed E-state index contributed by atoms with van der Waals surface area (Å²) in [6.45, 7) is 0. The Morgan fingerprint density at radius 1 is 0.957 bits per heavy atom. The highest BCUT2D eigenvalue weighted by Crippen LogP contribution is 2.27. The second kappa shape index (κ2) is 6.21. The van der Waals surface area contributed by atoms with Crippen LogP contribution in [-0.2, 0) is 0 Å². The van der Waals surface area contributed by atoms with Gasteiger partial charge in [-0.1, -0.05) is 18.2 Å². The Balaban J connectivity index is 1.86. The molecule has 116 valence electrons. The second-order valence-corrected chi connectivity index (χ2v) is 5.43. The van der Waals surface area contributed by atoms with Crippen molar-refractivity contribution in [1.29, 1.82) is 0 Å². The van der Waals surface area contributed by atoms with Gasteiger partial charge in [0.15, 0.2) is 0 Å². The Morgan fingerprint density at radius 3 is 2.30 bits per heavy atom. The Hall–Kier alpha value is -2.67. The van der Waals surface area contributed by atoms with E-state index >= 15 is 0 Å². The minimum Gasteiger partial charge on any atom is -0.316 e. The van der Waals surface area contributed by atoms with Crippen molar-refractivity contribution in [2.45, 2.75) is 0 Å². The molecule has 0 aliphatic heterocycles. The number of para-hydroxylation sites is 1. The smallest absolute Gasteiger partial charge is 0.275 e. The van der Waals surface area contributed by atoms with Crippen molar-refractivity contribution in [2.75, 3.05) is 5.32 Å². The van der Waals surface area contributed by atoms with Crippen LogP contribution >= 0.6 is 11.3 Å². The van der Waals surface area contributed by atoms with Crippen LogP contribution < -0.4 is 5.32 Å². The Labute approximate surface area is 133 Å². The Bertz CT molecular complexity index is 859. The zero-order chi connectivity index (χ0) is 16.4. The van der Waals surface area contributed by atoms with Gasteiger partial charge in [-0.15, -0.1) is 11.3 Å². The largest absolute Gasteiger partial charge is 0.316 e. The lowest BCUT2D eigenvalue weighted by molar-refractivity contribution is 0.102. The third-order valence-corrected chi connectivity index (χ3v) is 3.92. The van der Waals surface area contributed by atoms with Crippen molar-refractivity contribution in [3.8, 4) is 10.6 Å². The number of anilines is 1. The second-order valence-electron chi connectivity index (χ2n) is 4.57. The van der Waals surface area contributed by atoms with Gasteiger partial charge in [-0.3, -0.25) is 4.79 Å². The molecular weight excluding hydrogens is 325 g/mol. The van der Waals surface area contributed by atoms with Gasteiger partial charge >= 0.3 is 0 Å². The van der Waals surface area contributed by atoms with E-state index in [1.807, 2.05) is 0 Å². The van der Waals surface area contributed by atoms with E-state index in [-0.39, 0.29) is 11.3 Å². The number of nitrogens with zero attached hydrogens (tertiary/aromatic N) is 1. The summed E-state index contributed by atoms with van der Waals surface area (Å²) in [7, 11) is 0. The lowest BCUT2D eigenvalue weighted by Crippen LogP contribution is -2.14. The van der Waals surface area contributed by atoms with Crippen molar-refractivity contribution in [3.05, 3.63) is 71.0 Å². The van der Waals surface area contributed by atoms with Gasteiger partial charge < -0.3 is 5.32 Å². The van der Waals surface area contributed by atoms with Gasteiger partial charge in [0.2, 0.25) is 0 Å². The maximum atomic E-state index is 13.7. The number of halogens is 3. The van der Waals surface area contributed by atoms with Crippen LogP contribution in [-0.4, -0.2) is 10.9 Å². The molecule has 2 aromatic carbocycles. The molecule has 0 bridgehead atoms. The quantitative estimate of drug-likeness (QED) is 0.767. The van der Waals surface area contributed by atoms with E-state index in [2.05, 4.69) is 10.3 Å². The molecule has 23 heavy (non-hydrogen) atoms. The van der Waals surface area contributed by atoms with E-state index < -0.39 is 29.0 Å². The first kappa shape index (κ1) is 15.2. The van der Waals surface area contributed by atoms with E-state index in [9.17, 15) is 18.0 Å². The molecule has 0 radical (unpaired) electrons. The van der Waals surface area contributed by atoms with Crippen LogP contribution in [0.5, 0.6) is 0 Å². The molecule has 0 saturated carbocycles. The van der Waals surface area contributed by atoms with Crippen LogP contribution in [0.3, 0.4) is 0 Å². The van der Waals surface area contributed by atoms with Crippen molar-refractivity contribution in [1.82, 2.24) is 4.98 Å². The number of hydrogen-bond donors (Lipinski definition) is 1. The average Bonchev–Trinajstić information content (AvgIpc) is 3.01. The number of hydrogen-bond acceptors (Lipinski definition) is 3. The SMILES string of the molecule is O=C(Nc1c(F)cccc1F)c1csc(-c2ccccc2F)n1. The number of carbonyl (C=O) groups excluding carboxylic acids is 1. The fourth-order valence-corrected chi connectivity index (χ4v) is 2.76. The molecule has 0 fully saturated rings. The lowest BCUT2D eigenvalue weighted by atomic mass is 10.2. The minimum absolute atomic E-state index is 0.0455. The van der Waals surface area contributed by atoms with Crippen LogP contribution in [0.25, 0.3) is 10.6 Å². The molecule has 0 unspecified atom stereocenters. The van der Waals surface area contributed by atoms with Gasteiger partial charge in [0.25, 0.3) is 5.91 Å². The average molecular weight is 334 g/mol. The van der Waals surface area contributed by atoms with E-state index in [1.165, 1.54) is 23.6 Å². The summed E-state index contributed by atoms with van der Waals surface area (Å²) < 4.78 is 40.8. The first-order valence-electron chi connectivity index (χ1n) is 6.52. The van der Waals surface area contributed by atoms with Gasteiger partial charge in [-0.05, 0) is 24.3 Å². The number of amides is 1. The van der Waals surface area contributed by atoms with Crippen molar-refractivity contribution in [2.24, 2.45) is 0 Å². The molecule has 1 amide bonds. The highest BCUT2D eigenvalue weighted by molar-refractivity contribution is 7.13. The fourth-order valence-electron chi connectivity index (χ4n) is 1.93. The molecule has 0 aliphatic rings. The van der Waals surface area contributed by atoms with Crippen molar-refractivity contribution >= 4 is 22.9 Å². The molecule has 3 aromatic rings. The molecule has 1 N–H and O–H groups in total. The van der Waals surface area contributed by atoms with E-state index in [0.717, 1.165) is 23.5 Å². The van der Waals surface area contributed by atoms with E-state index in [1.54, 1.807) is 12.1 Å². The van der Waals surface area contributed by atoms with Crippen LogP contribution in [0.15, 0.2) is 47.8 Å². The zero-order valence-corrected chi connectivity index (χ0v) is 12.3. The lowest BCUT2D eigenvalue weighted by Gasteiger charge is -2.05. The van der Waals surface area contributed by atoms with Crippen molar-refractivity contribution < 1.29 is 18.0 Å². The predicted octanol–water partition coefficient (Wildman–Crippen LogP) is 4.48. The van der Waals surface area contributed by atoms with Gasteiger partial charge in [-0.2, -0.15) is 0 Å². The van der Waals surface area contributed by atoms with E-state index in [0.29, 0.717) is 5.01 Å². The fraction of sp³-hybridized carbons (Fsp3) is 0. The molecule has 3 nitrogen and oxygen atoms in total. The van der Waals surface area contributed by atoms with Crippen molar-refractivity contribution in [3.63, 3.8) is 0 Å². The third-order valence-electron chi connectivity index (χ3n) is 3.04. The van der Waals surface area contributed by atoms with Gasteiger partial charge in [0.05, 0.1) is 0 Å². The maximum Gasteiger partial charge on any atom is 0.275 e. The number of benzene rings is 2. The molecule has 0 atom stereocenters. The summed E-state index contributed by atoms with van der Waals surface area (Å²) in [5, 5.41) is 3.84. The number of carbonyl (C=O) groups is 1. The summed E-state index contributed by atoms with van der Waals surface area (Å²) in [4.78, 5) is 16.1. The molecule has 0 spiro atoms. The highest BCUT2D eigenvalue weighted by atomic mass is 32.1. The van der Waals surface area contributed by atoms with Crippen LogP contribution in [0.2, 0.25) is 0 Å². The van der Waals surface area contributed by atoms with Gasteiger partial charge in [0, 0.05) is 10.9 Å². The van der Waals surface area contributed by atoms with Crippen LogP contribution in [0, 0.1) is 17.5 Å². The summed E-state index contributed by atoms with van der Waals surface area (Å²) >= 11 is 1.06. The van der Waals surface area contributed by atoms with E-state index in [4.69, 9.17) is 0 Å². The molecule has 7 heteroatoms. The first-order chi connectivity index (χ1) is 11.1. The number of rotatable bonds is 3. The van der Waals surface area contributed by atoms with Crippen LogP contribution in [0.4, 0.5) is 18.9 Å². The van der Waals surface area contributed by atoms with Gasteiger partial charge in [-0.25, -0.2) is 18.2 Å². The molecule has 1 heterocycles. The highest BCUT2D eigenvalue weighted by Gasteiger charge is 2.17. The third kappa shape index (κ3) is 3.09. The molecular formula is C16H9F3N2OS. The first-order valence-corrected chi connectivity index (χ1v) is 7.40. The normalized spacial score (nSPS) is 10.6. The van der Waals surface area contributed by atoms with Crippen LogP contribution in [0.1, 0.15) is 10.5 Å². The molecule has 0 saturated heterocycles. The summed E-state index contributed by atoms with van der Waals surface area (Å²) in [5.74, 6) is -3.01. The summed E-state index contributed by atoms with van der Waals surface area (Å²) in [5.41, 5.74) is -0.331. The number of thiazole rings is 1. The molecule has 0 aliphatic carbocycles. The Morgan fingerprint density at radius 2 is 1.61 bits per heavy atom. The standard InChI is InChI=1S/C16H9F3N2OS/c17-10-5-2-1-4-9(10)16-20-13(8-23-16)15(22)21-14-11(18)6-3-7-12(14)19/h1-8H,(H,21,22). The molecule has 1 aromatic heterocycles. The zero-order valence-electron chi connectivity index (χ0n) is 11.5. The molecule has 3 rings (SSSR count). The summed E-state index contributed by atoms with van der Waals surface area (Å²) in [6.07, 6.45) is 0. The predicted molar refractivity (Wildman–Crippen MR) is 81.8 cm³/mol.